The highest BCUT2D eigenvalue weighted by Gasteiger charge is 2.19. The number of hydrogen-bond donors (Lipinski definition) is 0. The van der Waals surface area contributed by atoms with Crippen LogP contribution in [0.15, 0.2) is 21.5 Å². The number of benzene rings is 1. The largest absolute Gasteiger partial charge is 0.263 e. The van der Waals surface area contributed by atoms with E-state index in [1.54, 1.807) is 0 Å². The molecule has 0 aliphatic carbocycles. The van der Waals surface area contributed by atoms with Crippen LogP contribution in [0.3, 0.4) is 0 Å². The summed E-state index contributed by atoms with van der Waals surface area (Å²) in [6.45, 7) is 0. The third-order valence-corrected chi connectivity index (χ3v) is 4.06. The van der Waals surface area contributed by atoms with Crippen LogP contribution in [-0.2, 0) is 9.05 Å². The summed E-state index contributed by atoms with van der Waals surface area (Å²) < 4.78 is 22.3. The number of nitriles is 1. The van der Waals surface area contributed by atoms with Crippen LogP contribution in [0.1, 0.15) is 5.56 Å². The molecule has 0 amide bonds. The quantitative estimate of drug-likeness (QED) is 0.749. The smallest absolute Gasteiger partial charge is 0.207 e. The predicted molar refractivity (Wildman–Crippen MR) is 56.9 cm³/mol. The zero-order chi connectivity index (χ0) is 10.9. The van der Waals surface area contributed by atoms with Crippen molar-refractivity contribution in [2.45, 2.75) is 4.90 Å². The zero-order valence-corrected chi connectivity index (χ0v) is 10.4. The average Bonchev–Trinajstić information content (AvgIpc) is 1.99. The molecule has 0 saturated heterocycles. The van der Waals surface area contributed by atoms with Gasteiger partial charge in [0.05, 0.1) is 16.7 Å². The molecule has 1 rings (SSSR count). The van der Waals surface area contributed by atoms with Crippen LogP contribution in [0, 0.1) is 11.3 Å². The Kier molecular flexibility index (Phi) is 3.43. The van der Waals surface area contributed by atoms with Crippen LogP contribution in [0.2, 0.25) is 5.02 Å². The van der Waals surface area contributed by atoms with Crippen molar-refractivity contribution in [3.8, 4) is 6.07 Å². The monoisotopic (exact) mass is 313 g/mol. The van der Waals surface area contributed by atoms with E-state index in [1.807, 2.05) is 6.07 Å². The zero-order valence-electron chi connectivity index (χ0n) is 6.46. The maximum atomic E-state index is 11.0. The molecule has 0 aliphatic rings. The first-order valence-corrected chi connectivity index (χ1v) is 6.68. The molecule has 3 nitrogen and oxygen atoms in total. The summed E-state index contributed by atoms with van der Waals surface area (Å²) in [6, 6.07) is 4.41. The summed E-state index contributed by atoms with van der Waals surface area (Å²) in [5.41, 5.74) is 0.256. The predicted octanol–water partition coefficient (Wildman–Crippen LogP) is 2.90. The molecular weight excluding hydrogens is 313 g/mol. The molecule has 0 radical (unpaired) electrons. The van der Waals surface area contributed by atoms with Crippen LogP contribution >= 0.6 is 38.2 Å². The van der Waals surface area contributed by atoms with Gasteiger partial charge in [0.25, 0.3) is 9.05 Å². The van der Waals surface area contributed by atoms with Crippen LogP contribution in [0.4, 0.5) is 0 Å². The molecule has 0 heterocycles. The summed E-state index contributed by atoms with van der Waals surface area (Å²) >= 11 is 8.63. The Morgan fingerprint density at radius 3 is 2.36 bits per heavy atom. The standard InChI is InChI=1S/C7H2BrCl2NO2S/c8-5-1-4(3-11)2-6(9)7(5)14(10,12)13/h1-2H. The highest BCUT2D eigenvalue weighted by molar-refractivity contribution is 9.10. The maximum Gasteiger partial charge on any atom is 0.263 e. The lowest BCUT2D eigenvalue weighted by molar-refractivity contribution is 0.609. The molecule has 14 heavy (non-hydrogen) atoms. The summed E-state index contributed by atoms with van der Waals surface area (Å²) in [6.07, 6.45) is 0. The number of rotatable bonds is 1. The SMILES string of the molecule is N#Cc1cc(Cl)c(S(=O)(=O)Cl)c(Br)c1. The van der Waals surface area contributed by atoms with Gasteiger partial charge in [-0.25, -0.2) is 8.42 Å². The van der Waals surface area contributed by atoms with Gasteiger partial charge in [0.15, 0.2) is 0 Å². The highest BCUT2D eigenvalue weighted by Crippen LogP contribution is 2.33. The van der Waals surface area contributed by atoms with Crippen molar-refractivity contribution in [2.75, 3.05) is 0 Å². The van der Waals surface area contributed by atoms with Gasteiger partial charge in [-0.2, -0.15) is 5.26 Å². The van der Waals surface area contributed by atoms with Gasteiger partial charge in [0.1, 0.15) is 4.90 Å². The minimum Gasteiger partial charge on any atom is -0.207 e. The first kappa shape index (κ1) is 11.8. The van der Waals surface area contributed by atoms with Gasteiger partial charge in [-0.05, 0) is 28.1 Å². The Balaban J connectivity index is 3.59. The molecule has 1 aromatic carbocycles. The van der Waals surface area contributed by atoms with Crippen LogP contribution in [0.25, 0.3) is 0 Å². The van der Waals surface area contributed by atoms with E-state index < -0.39 is 9.05 Å². The lowest BCUT2D eigenvalue weighted by atomic mass is 10.2. The fourth-order valence-corrected chi connectivity index (χ4v) is 4.08. The molecule has 0 bridgehead atoms. The molecule has 0 N–H and O–H groups in total. The van der Waals surface area contributed by atoms with Gasteiger partial charge in [-0.15, -0.1) is 0 Å². The van der Waals surface area contributed by atoms with Gasteiger partial charge in [-0.3, -0.25) is 0 Å². The minimum absolute atomic E-state index is 0.0778. The number of hydrogen-bond acceptors (Lipinski definition) is 3. The Bertz CT molecular complexity index is 498. The molecule has 0 unspecified atom stereocenters. The van der Waals surface area contributed by atoms with E-state index in [0.29, 0.717) is 0 Å². The van der Waals surface area contributed by atoms with Gasteiger partial charge < -0.3 is 0 Å². The third kappa shape index (κ3) is 2.39. The highest BCUT2D eigenvalue weighted by atomic mass is 79.9. The van der Waals surface area contributed by atoms with Crippen molar-refractivity contribution in [1.82, 2.24) is 0 Å². The molecule has 0 fully saturated rings. The Hall–Kier alpha value is -0.280. The first-order chi connectivity index (χ1) is 6.36. The second-order valence-corrected chi connectivity index (χ2v) is 6.08. The van der Waals surface area contributed by atoms with E-state index in [9.17, 15) is 8.42 Å². The Morgan fingerprint density at radius 1 is 1.43 bits per heavy atom. The Morgan fingerprint density at radius 2 is 2.00 bits per heavy atom. The molecule has 7 heteroatoms. The van der Waals surface area contributed by atoms with Gasteiger partial charge >= 0.3 is 0 Å². The van der Waals surface area contributed by atoms with E-state index in [1.165, 1.54) is 12.1 Å². The number of halogens is 3. The van der Waals surface area contributed by atoms with Crippen LogP contribution in [-0.4, -0.2) is 8.42 Å². The van der Waals surface area contributed by atoms with Crippen LogP contribution in [0.5, 0.6) is 0 Å². The van der Waals surface area contributed by atoms with E-state index in [0.717, 1.165) is 0 Å². The lowest BCUT2D eigenvalue weighted by Gasteiger charge is -2.03. The summed E-state index contributed by atoms with van der Waals surface area (Å²) in [7, 11) is 1.23. The second kappa shape index (κ2) is 4.07. The molecule has 74 valence electrons. The summed E-state index contributed by atoms with van der Waals surface area (Å²) in [5, 5.41) is 8.49. The molecule has 0 spiro atoms. The van der Waals surface area contributed by atoms with Gasteiger partial charge in [0, 0.05) is 15.2 Å². The molecule has 0 aromatic heterocycles. The van der Waals surface area contributed by atoms with Crippen LogP contribution < -0.4 is 0 Å². The molecule has 0 aliphatic heterocycles. The molecule has 0 atom stereocenters. The number of nitrogens with zero attached hydrogens (tertiary/aromatic N) is 1. The second-order valence-electron chi connectivity index (χ2n) is 2.32. The molecular formula is C7H2BrCl2NO2S. The van der Waals surface area contributed by atoms with Crippen molar-refractivity contribution in [2.24, 2.45) is 0 Å². The Labute approximate surface area is 98.8 Å². The summed E-state index contributed by atoms with van der Waals surface area (Å²) in [5.74, 6) is 0. The average molecular weight is 315 g/mol. The fraction of sp³-hybridized carbons (Fsp3) is 0. The molecule has 0 saturated carbocycles. The van der Waals surface area contributed by atoms with E-state index in [2.05, 4.69) is 15.9 Å². The normalized spacial score (nSPS) is 11.0. The maximum absolute atomic E-state index is 11.0. The van der Waals surface area contributed by atoms with Crippen molar-refractivity contribution >= 4 is 47.3 Å². The topological polar surface area (TPSA) is 57.9 Å². The third-order valence-electron chi connectivity index (χ3n) is 1.37. The van der Waals surface area contributed by atoms with Crippen molar-refractivity contribution in [3.63, 3.8) is 0 Å². The summed E-state index contributed by atoms with van der Waals surface area (Å²) in [4.78, 5) is -0.222. The van der Waals surface area contributed by atoms with E-state index in [-0.39, 0.29) is 20.0 Å². The first-order valence-electron chi connectivity index (χ1n) is 3.20. The molecule has 1 aromatic rings. The fourth-order valence-electron chi connectivity index (χ4n) is 0.857. The van der Waals surface area contributed by atoms with Gasteiger partial charge in [-0.1, -0.05) is 11.6 Å². The van der Waals surface area contributed by atoms with Crippen molar-refractivity contribution < 1.29 is 8.42 Å². The lowest BCUT2D eigenvalue weighted by Crippen LogP contribution is -1.94. The van der Waals surface area contributed by atoms with Crippen molar-refractivity contribution in [3.05, 3.63) is 27.2 Å². The van der Waals surface area contributed by atoms with Gasteiger partial charge in [0.2, 0.25) is 0 Å². The van der Waals surface area contributed by atoms with E-state index >= 15 is 0 Å². The minimum atomic E-state index is -3.91. The van der Waals surface area contributed by atoms with E-state index in [4.69, 9.17) is 27.5 Å². The van der Waals surface area contributed by atoms with Crippen molar-refractivity contribution in [1.29, 1.82) is 5.26 Å².